The van der Waals surface area contributed by atoms with E-state index in [9.17, 15) is 4.79 Å². The summed E-state index contributed by atoms with van der Waals surface area (Å²) in [6, 6.07) is 8.26. The molecule has 4 nitrogen and oxygen atoms in total. The second kappa shape index (κ2) is 7.84. The van der Waals surface area contributed by atoms with Crippen LogP contribution < -0.4 is 5.32 Å². The van der Waals surface area contributed by atoms with Crippen LogP contribution in [0.3, 0.4) is 0 Å². The third-order valence-corrected chi connectivity index (χ3v) is 2.89. The minimum Gasteiger partial charge on any atom is -0.479 e. The number of aliphatic hydroxyl groups excluding tert-OH is 1. The molecule has 0 spiro atoms. The molecule has 1 aromatic rings. The number of carbonyl (C=O) groups is 1. The van der Waals surface area contributed by atoms with Crippen LogP contribution in [0.4, 0.5) is 0 Å². The molecule has 18 heavy (non-hydrogen) atoms. The van der Waals surface area contributed by atoms with Crippen LogP contribution in [0.25, 0.3) is 0 Å². The first-order valence-electron chi connectivity index (χ1n) is 6.27. The van der Waals surface area contributed by atoms with Gasteiger partial charge in [0.05, 0.1) is 0 Å². The van der Waals surface area contributed by atoms with Crippen LogP contribution in [0.1, 0.15) is 31.4 Å². The molecule has 0 saturated carbocycles. The number of aliphatic hydroxyl groups is 1. The van der Waals surface area contributed by atoms with Crippen LogP contribution in [0, 0.1) is 5.92 Å². The van der Waals surface area contributed by atoms with E-state index in [1.54, 1.807) is 30.3 Å². The first-order valence-corrected chi connectivity index (χ1v) is 6.27. The van der Waals surface area contributed by atoms with E-state index >= 15 is 0 Å². The van der Waals surface area contributed by atoms with Crippen molar-refractivity contribution in [3.05, 3.63) is 35.9 Å². The predicted octanol–water partition coefficient (Wildman–Crippen LogP) is 1.81. The zero-order chi connectivity index (χ0) is 13.4. The van der Waals surface area contributed by atoms with Gasteiger partial charge in [0.15, 0.2) is 6.10 Å². The van der Waals surface area contributed by atoms with Gasteiger partial charge >= 0.3 is 5.97 Å². The smallest absolute Gasteiger partial charge is 0.337 e. The third kappa shape index (κ3) is 5.29. The molecule has 0 radical (unpaired) electrons. The van der Waals surface area contributed by atoms with Crippen LogP contribution >= 0.6 is 0 Å². The summed E-state index contributed by atoms with van der Waals surface area (Å²) in [6.45, 7) is 4.77. The van der Waals surface area contributed by atoms with Gasteiger partial charge in [-0.1, -0.05) is 37.3 Å². The first-order chi connectivity index (χ1) is 8.61. The number of piperidine rings is 1. The third-order valence-electron chi connectivity index (χ3n) is 2.89. The highest BCUT2D eigenvalue weighted by molar-refractivity contribution is 5.73. The minimum atomic E-state index is -1.41. The average molecular weight is 251 g/mol. The number of hydrogen-bond donors (Lipinski definition) is 3. The lowest BCUT2D eigenvalue weighted by Gasteiger charge is -2.17. The van der Waals surface area contributed by atoms with Gasteiger partial charge < -0.3 is 15.5 Å². The van der Waals surface area contributed by atoms with E-state index in [2.05, 4.69) is 12.2 Å². The summed E-state index contributed by atoms with van der Waals surface area (Å²) in [5.41, 5.74) is 0.403. The molecule has 1 fully saturated rings. The zero-order valence-electron chi connectivity index (χ0n) is 10.7. The van der Waals surface area contributed by atoms with Crippen LogP contribution in [-0.4, -0.2) is 29.3 Å². The molecule has 0 aliphatic carbocycles. The molecule has 1 aliphatic rings. The Kier molecular flexibility index (Phi) is 6.39. The summed E-state index contributed by atoms with van der Waals surface area (Å²) in [7, 11) is 0. The Hall–Kier alpha value is -1.39. The fraction of sp³-hybridized carbons (Fsp3) is 0.500. The fourth-order valence-electron chi connectivity index (χ4n) is 1.80. The maximum atomic E-state index is 10.2. The molecule has 4 heteroatoms. The quantitative estimate of drug-likeness (QED) is 0.749. The summed E-state index contributed by atoms with van der Waals surface area (Å²) in [4.78, 5) is 10.2. The number of rotatable bonds is 2. The van der Waals surface area contributed by atoms with E-state index in [4.69, 9.17) is 10.2 Å². The van der Waals surface area contributed by atoms with Crippen molar-refractivity contribution in [2.45, 2.75) is 25.9 Å². The molecular weight excluding hydrogens is 230 g/mol. The van der Waals surface area contributed by atoms with Crippen LogP contribution in [0.15, 0.2) is 30.3 Å². The molecule has 1 saturated heterocycles. The number of nitrogens with one attached hydrogen (secondary N) is 1. The van der Waals surface area contributed by atoms with Gasteiger partial charge in [0.1, 0.15) is 0 Å². The van der Waals surface area contributed by atoms with Crippen molar-refractivity contribution in [1.29, 1.82) is 0 Å². The number of aliphatic carboxylic acids is 1. The summed E-state index contributed by atoms with van der Waals surface area (Å²) in [5, 5.41) is 20.7. The number of carboxylic acids is 1. The minimum absolute atomic E-state index is 0.403. The molecule has 3 N–H and O–H groups in total. The van der Waals surface area contributed by atoms with Gasteiger partial charge in [0.25, 0.3) is 0 Å². The van der Waals surface area contributed by atoms with E-state index in [-0.39, 0.29) is 0 Å². The summed E-state index contributed by atoms with van der Waals surface area (Å²) in [6.07, 6.45) is 1.39. The lowest BCUT2D eigenvalue weighted by Crippen LogP contribution is -2.27. The first kappa shape index (κ1) is 14.7. The molecule has 0 bridgehead atoms. The molecule has 2 rings (SSSR count). The van der Waals surface area contributed by atoms with Gasteiger partial charge in [-0.05, 0) is 37.4 Å². The number of carboxylic acid groups (broad SMARTS) is 1. The normalized spacial score (nSPS) is 20.4. The van der Waals surface area contributed by atoms with E-state index in [0.29, 0.717) is 5.56 Å². The lowest BCUT2D eigenvalue weighted by atomic mass is 10.0. The lowest BCUT2D eigenvalue weighted by molar-refractivity contribution is -0.146. The van der Waals surface area contributed by atoms with Crippen molar-refractivity contribution in [2.24, 2.45) is 5.92 Å². The molecule has 1 heterocycles. The molecule has 0 aromatic heterocycles. The Morgan fingerprint density at radius 3 is 2.44 bits per heavy atom. The highest BCUT2D eigenvalue weighted by Gasteiger charge is 2.14. The molecule has 2 atom stereocenters. The van der Waals surface area contributed by atoms with Crippen molar-refractivity contribution in [3.63, 3.8) is 0 Å². The van der Waals surface area contributed by atoms with Crippen molar-refractivity contribution in [2.75, 3.05) is 13.1 Å². The number of benzene rings is 1. The zero-order valence-corrected chi connectivity index (χ0v) is 10.7. The van der Waals surface area contributed by atoms with Crippen LogP contribution in [0.2, 0.25) is 0 Å². The Morgan fingerprint density at radius 1 is 1.39 bits per heavy atom. The molecule has 1 aromatic carbocycles. The molecule has 100 valence electrons. The van der Waals surface area contributed by atoms with E-state index in [1.165, 1.54) is 25.9 Å². The summed E-state index contributed by atoms with van der Waals surface area (Å²) in [5.74, 6) is -0.301. The maximum Gasteiger partial charge on any atom is 0.337 e. The average Bonchev–Trinajstić information content (AvgIpc) is 2.40. The topological polar surface area (TPSA) is 69.6 Å². The SMILES string of the molecule is CC1CCCNC1.O=C(O)C(O)c1ccccc1. The Balaban J connectivity index is 0.000000199. The second-order valence-corrected chi connectivity index (χ2v) is 4.60. The molecule has 2 unspecified atom stereocenters. The fourth-order valence-corrected chi connectivity index (χ4v) is 1.80. The largest absolute Gasteiger partial charge is 0.479 e. The second-order valence-electron chi connectivity index (χ2n) is 4.60. The van der Waals surface area contributed by atoms with Crippen molar-refractivity contribution < 1.29 is 15.0 Å². The molecular formula is C14H21NO3. The van der Waals surface area contributed by atoms with Crippen LogP contribution in [0.5, 0.6) is 0 Å². The monoisotopic (exact) mass is 251 g/mol. The van der Waals surface area contributed by atoms with Crippen molar-refractivity contribution >= 4 is 5.97 Å². The van der Waals surface area contributed by atoms with Gasteiger partial charge in [-0.2, -0.15) is 0 Å². The maximum absolute atomic E-state index is 10.2. The Morgan fingerprint density at radius 2 is 2.06 bits per heavy atom. The predicted molar refractivity (Wildman–Crippen MR) is 70.3 cm³/mol. The highest BCUT2D eigenvalue weighted by Crippen LogP contribution is 2.11. The summed E-state index contributed by atoms with van der Waals surface area (Å²) < 4.78 is 0. The molecule has 0 amide bonds. The standard InChI is InChI=1S/C8H8O3.C6H13N/c9-7(8(10)11)6-4-2-1-3-5-6;1-6-3-2-4-7-5-6/h1-5,7,9H,(H,10,11);6-7H,2-5H2,1H3. The Bertz CT molecular complexity index is 347. The Labute approximate surface area is 108 Å². The van der Waals surface area contributed by atoms with Gasteiger partial charge in [0, 0.05) is 0 Å². The number of hydrogen-bond acceptors (Lipinski definition) is 3. The van der Waals surface area contributed by atoms with Gasteiger partial charge in [0.2, 0.25) is 0 Å². The van der Waals surface area contributed by atoms with E-state index < -0.39 is 12.1 Å². The van der Waals surface area contributed by atoms with Gasteiger partial charge in [-0.25, -0.2) is 4.79 Å². The van der Waals surface area contributed by atoms with Gasteiger partial charge in [-0.15, -0.1) is 0 Å². The van der Waals surface area contributed by atoms with E-state index in [0.717, 1.165) is 5.92 Å². The van der Waals surface area contributed by atoms with E-state index in [1.807, 2.05) is 0 Å². The van der Waals surface area contributed by atoms with Gasteiger partial charge in [-0.3, -0.25) is 0 Å². The van der Waals surface area contributed by atoms with Crippen molar-refractivity contribution in [3.8, 4) is 0 Å². The summed E-state index contributed by atoms with van der Waals surface area (Å²) >= 11 is 0. The highest BCUT2D eigenvalue weighted by atomic mass is 16.4. The molecule has 1 aliphatic heterocycles. The van der Waals surface area contributed by atoms with Crippen LogP contribution in [-0.2, 0) is 4.79 Å². The van der Waals surface area contributed by atoms with Crippen molar-refractivity contribution in [1.82, 2.24) is 5.32 Å².